The molecule has 1 fully saturated rings. The number of hydrogen-bond donors (Lipinski definition) is 1. The van der Waals surface area contributed by atoms with Gasteiger partial charge < -0.3 is 9.84 Å². The summed E-state index contributed by atoms with van der Waals surface area (Å²) in [7, 11) is 0. The molecule has 0 amide bonds. The molecule has 3 rings (SSSR count). The van der Waals surface area contributed by atoms with E-state index in [0.29, 0.717) is 0 Å². The van der Waals surface area contributed by atoms with Gasteiger partial charge in [-0.05, 0) is 54.3 Å². The molecule has 2 unspecified atom stereocenters. The molecule has 20 heavy (non-hydrogen) atoms. The maximum atomic E-state index is 10.1. The summed E-state index contributed by atoms with van der Waals surface area (Å²) in [6, 6.07) is 12.3. The second kappa shape index (κ2) is 6.15. The minimum atomic E-state index is -0.335. The average Bonchev–Trinajstić information content (AvgIpc) is 2.64. The zero-order valence-electron chi connectivity index (χ0n) is 11.4. The lowest BCUT2D eigenvalue weighted by Gasteiger charge is -2.22. The molecule has 0 aliphatic heterocycles. The van der Waals surface area contributed by atoms with Gasteiger partial charge in [0.1, 0.15) is 11.9 Å². The van der Waals surface area contributed by atoms with Crippen molar-refractivity contribution in [3.63, 3.8) is 0 Å². The fraction of sp³-hybridized carbons (Fsp3) is 0.412. The Morgan fingerprint density at radius 2 is 1.70 bits per heavy atom. The predicted molar refractivity (Wildman–Crippen MR) is 85.2 cm³/mol. The molecule has 1 aliphatic rings. The predicted octanol–water partition coefficient (Wildman–Crippen LogP) is 4.67. The number of fused-ring (bicyclic) bond motifs is 1. The molecular weight excluding hydrogens is 316 g/mol. The highest BCUT2D eigenvalue weighted by Gasteiger charge is 2.23. The Morgan fingerprint density at radius 1 is 0.950 bits per heavy atom. The van der Waals surface area contributed by atoms with E-state index in [2.05, 4.69) is 40.2 Å². The summed E-state index contributed by atoms with van der Waals surface area (Å²) in [5, 5.41) is 12.5. The van der Waals surface area contributed by atoms with E-state index < -0.39 is 0 Å². The summed E-state index contributed by atoms with van der Waals surface area (Å²) in [6.45, 7) is 0. The summed E-state index contributed by atoms with van der Waals surface area (Å²) in [5.74, 6) is 0.853. The summed E-state index contributed by atoms with van der Waals surface area (Å²) in [5.41, 5.74) is 0. The van der Waals surface area contributed by atoms with Crippen LogP contribution in [0.5, 0.6) is 5.75 Å². The molecule has 0 radical (unpaired) electrons. The summed E-state index contributed by atoms with van der Waals surface area (Å²) in [4.78, 5) is 0. The number of aliphatic hydroxyl groups excluding tert-OH is 1. The van der Waals surface area contributed by atoms with Crippen LogP contribution < -0.4 is 4.74 Å². The summed E-state index contributed by atoms with van der Waals surface area (Å²) in [6.07, 6.45) is 4.84. The van der Waals surface area contributed by atoms with Crippen molar-refractivity contribution in [1.82, 2.24) is 0 Å². The molecule has 0 bridgehead atoms. The smallest absolute Gasteiger partial charge is 0.124 e. The van der Waals surface area contributed by atoms with Crippen LogP contribution in [0.4, 0.5) is 0 Å². The largest absolute Gasteiger partial charge is 0.488 e. The van der Waals surface area contributed by atoms with Crippen molar-refractivity contribution >= 4 is 26.7 Å². The Hall–Kier alpha value is -1.06. The SMILES string of the molecule is OC1CCCCCC1Oc1ccc2cc(Br)ccc2c1. The maximum absolute atomic E-state index is 10.1. The van der Waals surface area contributed by atoms with E-state index >= 15 is 0 Å². The lowest BCUT2D eigenvalue weighted by atomic mass is 10.1. The zero-order valence-corrected chi connectivity index (χ0v) is 13.0. The highest BCUT2D eigenvalue weighted by Crippen LogP contribution is 2.27. The van der Waals surface area contributed by atoms with Gasteiger partial charge in [-0.15, -0.1) is 0 Å². The van der Waals surface area contributed by atoms with E-state index in [-0.39, 0.29) is 12.2 Å². The zero-order chi connectivity index (χ0) is 13.9. The van der Waals surface area contributed by atoms with Crippen molar-refractivity contribution in [3.05, 3.63) is 40.9 Å². The van der Waals surface area contributed by atoms with Gasteiger partial charge in [-0.3, -0.25) is 0 Å². The van der Waals surface area contributed by atoms with Crippen LogP contribution in [0.1, 0.15) is 32.1 Å². The second-order valence-electron chi connectivity index (χ2n) is 5.51. The molecule has 0 spiro atoms. The number of hydrogen-bond acceptors (Lipinski definition) is 2. The van der Waals surface area contributed by atoms with Crippen LogP contribution in [-0.4, -0.2) is 17.3 Å². The van der Waals surface area contributed by atoms with Gasteiger partial charge in [0.2, 0.25) is 0 Å². The second-order valence-corrected chi connectivity index (χ2v) is 6.43. The van der Waals surface area contributed by atoms with Gasteiger partial charge in [0.05, 0.1) is 6.10 Å². The van der Waals surface area contributed by atoms with Gasteiger partial charge in [-0.25, -0.2) is 0 Å². The van der Waals surface area contributed by atoms with E-state index in [4.69, 9.17) is 4.74 Å². The van der Waals surface area contributed by atoms with Crippen molar-refractivity contribution in [1.29, 1.82) is 0 Å². The standard InChI is InChI=1S/C17H19BrO2/c18-14-8-6-13-11-15(9-7-12(13)10-14)20-17-5-3-1-2-4-16(17)19/h6-11,16-17,19H,1-5H2. The van der Waals surface area contributed by atoms with E-state index in [1.807, 2.05) is 12.1 Å². The maximum Gasteiger partial charge on any atom is 0.124 e. The van der Waals surface area contributed by atoms with E-state index in [1.54, 1.807) is 0 Å². The average molecular weight is 335 g/mol. The first-order chi connectivity index (χ1) is 9.72. The van der Waals surface area contributed by atoms with Gasteiger partial charge in [-0.1, -0.05) is 40.9 Å². The molecule has 2 aromatic rings. The van der Waals surface area contributed by atoms with Crippen LogP contribution in [0.25, 0.3) is 10.8 Å². The Balaban J connectivity index is 1.81. The fourth-order valence-corrected chi connectivity index (χ4v) is 3.21. The Morgan fingerprint density at radius 3 is 2.60 bits per heavy atom. The lowest BCUT2D eigenvalue weighted by Crippen LogP contribution is -2.30. The van der Waals surface area contributed by atoms with Gasteiger partial charge in [0.25, 0.3) is 0 Å². The minimum absolute atomic E-state index is 0.0644. The Kier molecular flexibility index (Phi) is 4.27. The summed E-state index contributed by atoms with van der Waals surface area (Å²) < 4.78 is 7.11. The highest BCUT2D eigenvalue weighted by molar-refractivity contribution is 9.10. The topological polar surface area (TPSA) is 29.5 Å². The lowest BCUT2D eigenvalue weighted by molar-refractivity contribution is 0.0320. The molecule has 2 atom stereocenters. The monoisotopic (exact) mass is 334 g/mol. The Bertz CT molecular complexity index is 597. The first-order valence-corrected chi connectivity index (χ1v) is 8.06. The van der Waals surface area contributed by atoms with Crippen LogP contribution in [0.3, 0.4) is 0 Å². The molecule has 2 nitrogen and oxygen atoms in total. The number of rotatable bonds is 2. The number of halogens is 1. The van der Waals surface area contributed by atoms with E-state index in [9.17, 15) is 5.11 Å². The molecule has 2 aromatic carbocycles. The first kappa shape index (κ1) is 13.9. The van der Waals surface area contributed by atoms with Gasteiger partial charge in [0.15, 0.2) is 0 Å². The van der Waals surface area contributed by atoms with Crippen molar-refractivity contribution in [2.45, 2.75) is 44.3 Å². The summed E-state index contributed by atoms with van der Waals surface area (Å²) >= 11 is 3.48. The van der Waals surface area contributed by atoms with Crippen molar-refractivity contribution in [2.75, 3.05) is 0 Å². The fourth-order valence-electron chi connectivity index (χ4n) is 2.83. The number of benzene rings is 2. The molecule has 0 heterocycles. The molecule has 1 aliphatic carbocycles. The van der Waals surface area contributed by atoms with Crippen molar-refractivity contribution in [2.24, 2.45) is 0 Å². The van der Waals surface area contributed by atoms with Crippen LogP contribution in [-0.2, 0) is 0 Å². The third-order valence-corrected chi connectivity index (χ3v) is 4.47. The van der Waals surface area contributed by atoms with E-state index in [0.717, 1.165) is 41.3 Å². The first-order valence-electron chi connectivity index (χ1n) is 7.26. The normalized spacial score (nSPS) is 23.5. The van der Waals surface area contributed by atoms with Gasteiger partial charge in [-0.2, -0.15) is 0 Å². The van der Waals surface area contributed by atoms with Gasteiger partial charge in [0, 0.05) is 4.47 Å². The quantitative estimate of drug-likeness (QED) is 0.808. The molecule has 0 saturated heterocycles. The Labute approximate surface area is 127 Å². The minimum Gasteiger partial charge on any atom is -0.488 e. The number of ether oxygens (including phenoxy) is 1. The third kappa shape index (κ3) is 3.15. The molecule has 106 valence electrons. The molecule has 0 aromatic heterocycles. The van der Waals surface area contributed by atoms with Crippen LogP contribution in [0.2, 0.25) is 0 Å². The van der Waals surface area contributed by atoms with Crippen molar-refractivity contribution < 1.29 is 9.84 Å². The molecule has 1 saturated carbocycles. The molecule has 3 heteroatoms. The molecular formula is C17H19BrO2. The van der Waals surface area contributed by atoms with Gasteiger partial charge >= 0.3 is 0 Å². The van der Waals surface area contributed by atoms with E-state index in [1.165, 1.54) is 11.8 Å². The van der Waals surface area contributed by atoms with Crippen LogP contribution in [0, 0.1) is 0 Å². The highest BCUT2D eigenvalue weighted by atomic mass is 79.9. The van der Waals surface area contributed by atoms with Crippen molar-refractivity contribution in [3.8, 4) is 5.75 Å². The van der Waals surface area contributed by atoms with Crippen LogP contribution >= 0.6 is 15.9 Å². The number of aliphatic hydroxyl groups is 1. The third-order valence-electron chi connectivity index (χ3n) is 3.98. The molecule has 1 N–H and O–H groups in total. The van der Waals surface area contributed by atoms with Crippen LogP contribution in [0.15, 0.2) is 40.9 Å².